The van der Waals surface area contributed by atoms with Gasteiger partial charge < -0.3 is 28.9 Å². The second-order valence-electron chi connectivity index (χ2n) is 11.9. The minimum atomic E-state index is -1.70. The van der Waals surface area contributed by atoms with E-state index in [4.69, 9.17) is 18.9 Å². The maximum Gasteiger partial charge on any atom is 0.509 e. The van der Waals surface area contributed by atoms with Crippen molar-refractivity contribution in [2.75, 3.05) is 26.4 Å². The van der Waals surface area contributed by atoms with Crippen molar-refractivity contribution in [3.8, 4) is 0 Å². The molecule has 0 aliphatic heterocycles. The van der Waals surface area contributed by atoms with Crippen LogP contribution < -0.4 is 0 Å². The average molecular weight is 594 g/mol. The molecule has 4 aliphatic carbocycles. The average Bonchev–Trinajstić information content (AvgIpc) is 3.21. The molecule has 0 saturated heterocycles. The molecule has 0 heterocycles. The van der Waals surface area contributed by atoms with E-state index < -0.39 is 52.3 Å². The maximum atomic E-state index is 13.9. The van der Waals surface area contributed by atoms with E-state index in [1.807, 2.05) is 19.9 Å². The fourth-order valence-corrected chi connectivity index (χ4v) is 8.07. The summed E-state index contributed by atoms with van der Waals surface area (Å²) in [6.07, 6.45) is 4.96. The van der Waals surface area contributed by atoms with Crippen LogP contribution in [0.15, 0.2) is 23.8 Å². The van der Waals surface area contributed by atoms with E-state index in [-0.39, 0.29) is 69.0 Å². The summed E-state index contributed by atoms with van der Waals surface area (Å²) in [5, 5.41) is 20.9. The van der Waals surface area contributed by atoms with Gasteiger partial charge in [0.1, 0.15) is 0 Å². The highest BCUT2D eigenvalue weighted by Crippen LogP contribution is 2.68. The van der Waals surface area contributed by atoms with Gasteiger partial charge in [0.2, 0.25) is 5.78 Å². The van der Waals surface area contributed by atoms with E-state index >= 15 is 0 Å². The molecular formula is C29H39NO12. The molecule has 3 unspecified atom stereocenters. The van der Waals surface area contributed by atoms with Crippen molar-refractivity contribution >= 4 is 23.9 Å². The van der Waals surface area contributed by atoms with Crippen LogP contribution in [0.1, 0.15) is 65.7 Å². The van der Waals surface area contributed by atoms with E-state index in [1.54, 1.807) is 19.1 Å². The van der Waals surface area contributed by atoms with Crippen LogP contribution in [0, 0.1) is 38.7 Å². The van der Waals surface area contributed by atoms with Gasteiger partial charge in [0.15, 0.2) is 18.0 Å². The fourth-order valence-electron chi connectivity index (χ4n) is 8.07. The molecule has 0 spiro atoms. The van der Waals surface area contributed by atoms with Crippen molar-refractivity contribution in [2.45, 2.75) is 77.4 Å². The molecule has 13 nitrogen and oxygen atoms in total. The maximum absolute atomic E-state index is 13.9. The lowest BCUT2D eigenvalue weighted by Crippen LogP contribution is -2.63. The zero-order valence-electron chi connectivity index (χ0n) is 24.2. The van der Waals surface area contributed by atoms with Crippen LogP contribution in [-0.4, -0.2) is 72.2 Å². The number of aliphatic hydroxyl groups excluding tert-OH is 1. The van der Waals surface area contributed by atoms with Crippen LogP contribution >= 0.6 is 0 Å². The number of nitrogens with zero attached hydrogens (tertiary/aromatic N) is 1. The number of allylic oxidation sites excluding steroid dienone is 4. The SMILES string of the molecule is CCOC(=O)O[C@]1(C(=O)COC(=O)OCCCCO[N+](=O)[O-])CCC2C3CCC4=CC(=O)C=C[C@]4(C)C3[C@@H](O)C[C@@]21C. The first kappa shape index (κ1) is 31.5. The van der Waals surface area contributed by atoms with Crippen molar-refractivity contribution in [3.63, 3.8) is 0 Å². The Bertz CT molecular complexity index is 1170. The molecule has 0 radical (unpaired) electrons. The second kappa shape index (κ2) is 12.4. The van der Waals surface area contributed by atoms with Gasteiger partial charge in [-0.2, -0.15) is 0 Å². The normalized spacial score (nSPS) is 34.7. The van der Waals surface area contributed by atoms with Gasteiger partial charge in [0.05, 0.1) is 25.9 Å². The molecule has 4 aliphatic rings. The molecule has 0 amide bonds. The number of ether oxygens (including phenoxy) is 4. The molecule has 7 atom stereocenters. The number of unbranched alkanes of at least 4 members (excludes halogenated alkanes) is 1. The smallest absolute Gasteiger partial charge is 0.435 e. The Morgan fingerprint density at radius 1 is 1.10 bits per heavy atom. The molecule has 42 heavy (non-hydrogen) atoms. The van der Waals surface area contributed by atoms with E-state index in [0.29, 0.717) is 19.3 Å². The van der Waals surface area contributed by atoms with Gasteiger partial charge in [-0.25, -0.2) is 9.59 Å². The van der Waals surface area contributed by atoms with Crippen molar-refractivity contribution in [2.24, 2.45) is 28.6 Å². The summed E-state index contributed by atoms with van der Waals surface area (Å²) in [6.45, 7) is 4.58. The van der Waals surface area contributed by atoms with Crippen molar-refractivity contribution in [1.29, 1.82) is 0 Å². The second-order valence-corrected chi connectivity index (χ2v) is 11.9. The fraction of sp³-hybridized carbons (Fsp3) is 0.724. The van der Waals surface area contributed by atoms with Gasteiger partial charge in [-0.15, -0.1) is 10.1 Å². The Hall–Kier alpha value is -3.48. The largest absolute Gasteiger partial charge is 0.509 e. The summed E-state index contributed by atoms with van der Waals surface area (Å²) in [4.78, 5) is 65.2. The highest BCUT2D eigenvalue weighted by molar-refractivity contribution is 6.01. The van der Waals surface area contributed by atoms with Crippen molar-refractivity contribution in [3.05, 3.63) is 33.9 Å². The third-order valence-electron chi connectivity index (χ3n) is 9.86. The van der Waals surface area contributed by atoms with E-state index in [9.17, 15) is 34.4 Å². The third kappa shape index (κ3) is 5.75. The zero-order valence-corrected chi connectivity index (χ0v) is 24.2. The van der Waals surface area contributed by atoms with Crippen molar-refractivity contribution in [1.82, 2.24) is 0 Å². The standard InChI is InChI=1S/C29H39NO12/c1-4-38-26(35)42-29(23(33)17-40-25(34)39-13-5-6-14-41-30(36)37)12-10-21-20-8-7-18-15-19(31)9-11-27(18,2)24(20)22(32)16-28(21,29)3/h9,11,15,20-22,24,32H,4-8,10,12-14,16-17H2,1-3H3/t20?,21?,22-,24?,27-,28-,29-/m0/s1. The van der Waals surface area contributed by atoms with Crippen LogP contribution in [-0.2, 0) is 33.4 Å². The summed E-state index contributed by atoms with van der Waals surface area (Å²) in [6, 6.07) is 0. The lowest BCUT2D eigenvalue weighted by molar-refractivity contribution is -0.757. The van der Waals surface area contributed by atoms with Crippen molar-refractivity contribution < 1.29 is 53.2 Å². The molecule has 0 aromatic rings. The lowest BCUT2D eigenvalue weighted by Gasteiger charge is -2.59. The Labute approximate surface area is 243 Å². The summed E-state index contributed by atoms with van der Waals surface area (Å²) in [5.41, 5.74) is -2.19. The predicted octanol–water partition coefficient (Wildman–Crippen LogP) is 3.89. The first-order valence-electron chi connectivity index (χ1n) is 14.5. The molecule has 4 rings (SSSR count). The lowest BCUT2D eigenvalue weighted by atomic mass is 9.46. The number of hydrogen-bond acceptors (Lipinski definition) is 12. The number of Topliss-reactive ketones (excluding diaryl/α,β-unsaturated/α-hetero) is 1. The van der Waals surface area contributed by atoms with Gasteiger partial charge >= 0.3 is 12.3 Å². The number of fused-ring (bicyclic) bond motifs is 5. The molecule has 3 fully saturated rings. The van der Waals surface area contributed by atoms with Gasteiger partial charge in [-0.1, -0.05) is 25.5 Å². The molecule has 3 saturated carbocycles. The Kier molecular flexibility index (Phi) is 9.29. The van der Waals surface area contributed by atoms with E-state index in [2.05, 4.69) is 4.84 Å². The summed E-state index contributed by atoms with van der Waals surface area (Å²) < 4.78 is 20.9. The number of carbonyl (C=O) groups excluding carboxylic acids is 4. The number of rotatable bonds is 11. The molecule has 232 valence electrons. The highest BCUT2D eigenvalue weighted by atomic mass is 16.9. The van der Waals surface area contributed by atoms with E-state index in [1.165, 1.54) is 0 Å². The molecule has 1 N–H and O–H groups in total. The summed E-state index contributed by atoms with van der Waals surface area (Å²) >= 11 is 0. The minimum absolute atomic E-state index is 0.00982. The van der Waals surface area contributed by atoms with Crippen LogP contribution in [0.2, 0.25) is 0 Å². The topological polar surface area (TPSA) is 178 Å². The van der Waals surface area contributed by atoms with Gasteiger partial charge in [-0.05, 0) is 75.9 Å². The molecule has 0 aromatic carbocycles. The molecular weight excluding hydrogens is 554 g/mol. The van der Waals surface area contributed by atoms with Crippen LogP contribution in [0.25, 0.3) is 0 Å². The molecule has 13 heteroatoms. The monoisotopic (exact) mass is 593 g/mol. The van der Waals surface area contributed by atoms with Gasteiger partial charge in [-0.3, -0.25) is 9.59 Å². The summed E-state index contributed by atoms with van der Waals surface area (Å²) in [5.74, 6) is -0.984. The van der Waals surface area contributed by atoms with Gasteiger partial charge in [0, 0.05) is 16.7 Å². The predicted molar refractivity (Wildman–Crippen MR) is 143 cm³/mol. The molecule has 0 bridgehead atoms. The summed E-state index contributed by atoms with van der Waals surface area (Å²) in [7, 11) is 0. The zero-order chi connectivity index (χ0) is 30.7. The molecule has 0 aromatic heterocycles. The van der Waals surface area contributed by atoms with Crippen LogP contribution in [0.4, 0.5) is 9.59 Å². The number of hydrogen-bond donors (Lipinski definition) is 1. The first-order valence-corrected chi connectivity index (χ1v) is 14.5. The Morgan fingerprint density at radius 2 is 1.83 bits per heavy atom. The third-order valence-corrected chi connectivity index (χ3v) is 9.86. The highest BCUT2D eigenvalue weighted by Gasteiger charge is 2.70. The first-order chi connectivity index (χ1) is 19.9. The number of carbonyl (C=O) groups is 4. The van der Waals surface area contributed by atoms with Gasteiger partial charge in [0.25, 0.3) is 5.09 Å². The van der Waals surface area contributed by atoms with Crippen LogP contribution in [0.3, 0.4) is 0 Å². The minimum Gasteiger partial charge on any atom is -0.435 e. The number of aliphatic hydroxyl groups is 1. The quantitative estimate of drug-likeness (QED) is 0.158. The van der Waals surface area contributed by atoms with E-state index in [0.717, 1.165) is 5.57 Å². The van der Waals surface area contributed by atoms with Crippen LogP contribution in [0.5, 0.6) is 0 Å². The number of ketones is 2. The Morgan fingerprint density at radius 3 is 2.55 bits per heavy atom. The Balaban J connectivity index is 1.50.